The second-order valence-corrected chi connectivity index (χ2v) is 6.98. The van der Waals surface area contributed by atoms with E-state index in [4.69, 9.17) is 5.26 Å². The van der Waals surface area contributed by atoms with Crippen molar-refractivity contribution in [3.05, 3.63) is 84.1 Å². The van der Waals surface area contributed by atoms with Crippen LogP contribution >= 0.6 is 0 Å². The zero-order valence-corrected chi connectivity index (χ0v) is 16.1. The number of hydrogen-bond donors (Lipinski definition) is 2. The van der Waals surface area contributed by atoms with Crippen molar-refractivity contribution in [1.82, 2.24) is 4.98 Å². The van der Waals surface area contributed by atoms with E-state index in [0.29, 0.717) is 35.7 Å². The molecule has 1 saturated heterocycles. The number of pyridine rings is 1. The first kappa shape index (κ1) is 19.2. The number of nitrogens with zero attached hydrogens (tertiary/aromatic N) is 3. The predicted octanol–water partition coefficient (Wildman–Crippen LogP) is 4.12. The Bertz CT molecular complexity index is 1110. The van der Waals surface area contributed by atoms with Crippen molar-refractivity contribution in [1.29, 1.82) is 5.26 Å². The van der Waals surface area contributed by atoms with Crippen molar-refractivity contribution in [3.8, 4) is 6.07 Å². The molecule has 7 nitrogen and oxygen atoms in total. The Kier molecular flexibility index (Phi) is 5.39. The molecule has 2 N–H and O–H groups in total. The zero-order valence-electron chi connectivity index (χ0n) is 16.1. The van der Waals surface area contributed by atoms with E-state index in [0.717, 1.165) is 5.56 Å². The van der Waals surface area contributed by atoms with Gasteiger partial charge in [-0.25, -0.2) is 9.78 Å². The molecule has 0 spiro atoms. The van der Waals surface area contributed by atoms with E-state index in [1.165, 1.54) is 0 Å². The summed E-state index contributed by atoms with van der Waals surface area (Å²) in [6.45, 7) is 0.587. The molecule has 0 aliphatic carbocycles. The molecule has 3 aromatic rings. The monoisotopic (exact) mass is 397 g/mol. The van der Waals surface area contributed by atoms with Gasteiger partial charge >= 0.3 is 6.03 Å². The van der Waals surface area contributed by atoms with Crippen molar-refractivity contribution in [2.24, 2.45) is 0 Å². The molecule has 1 aliphatic rings. The van der Waals surface area contributed by atoms with Crippen LogP contribution in [-0.4, -0.2) is 23.5 Å². The van der Waals surface area contributed by atoms with Crippen molar-refractivity contribution in [2.45, 2.75) is 12.3 Å². The average molecular weight is 397 g/mol. The summed E-state index contributed by atoms with van der Waals surface area (Å²) < 4.78 is 0. The van der Waals surface area contributed by atoms with Crippen molar-refractivity contribution in [2.75, 3.05) is 22.1 Å². The lowest BCUT2D eigenvalue weighted by atomic mass is 9.99. The van der Waals surface area contributed by atoms with Gasteiger partial charge in [-0.05, 0) is 35.9 Å². The van der Waals surface area contributed by atoms with Gasteiger partial charge in [0.1, 0.15) is 5.82 Å². The van der Waals surface area contributed by atoms with Crippen LogP contribution in [0.15, 0.2) is 72.9 Å². The van der Waals surface area contributed by atoms with Crippen molar-refractivity contribution in [3.63, 3.8) is 0 Å². The number of aromatic nitrogens is 1. The summed E-state index contributed by atoms with van der Waals surface area (Å²) in [5.41, 5.74) is 2.91. The lowest BCUT2D eigenvalue weighted by Gasteiger charge is -2.18. The van der Waals surface area contributed by atoms with Crippen LogP contribution in [0, 0.1) is 11.3 Å². The second kappa shape index (κ2) is 8.45. The molecule has 3 amide bonds. The quantitative estimate of drug-likeness (QED) is 0.692. The summed E-state index contributed by atoms with van der Waals surface area (Å²) in [7, 11) is 0. The fourth-order valence-electron chi connectivity index (χ4n) is 3.47. The number of amides is 3. The largest absolute Gasteiger partial charge is 0.324 e. The summed E-state index contributed by atoms with van der Waals surface area (Å²) in [5.74, 6) is 0.528. The minimum absolute atomic E-state index is 0.0445. The first-order valence-electron chi connectivity index (χ1n) is 9.52. The van der Waals surface area contributed by atoms with Gasteiger partial charge < -0.3 is 10.2 Å². The summed E-state index contributed by atoms with van der Waals surface area (Å²) in [6.07, 6.45) is 2.02. The van der Waals surface area contributed by atoms with Crippen LogP contribution in [0.2, 0.25) is 0 Å². The van der Waals surface area contributed by atoms with Gasteiger partial charge in [0.05, 0.1) is 11.6 Å². The molecule has 1 fully saturated rings. The fraction of sp³-hybridized carbons (Fsp3) is 0.130. The lowest BCUT2D eigenvalue weighted by Crippen LogP contribution is -2.25. The number of anilines is 3. The molecule has 30 heavy (non-hydrogen) atoms. The van der Waals surface area contributed by atoms with E-state index in [2.05, 4.69) is 15.6 Å². The number of benzene rings is 2. The molecule has 2 aromatic carbocycles. The Labute approximate surface area is 174 Å². The summed E-state index contributed by atoms with van der Waals surface area (Å²) in [4.78, 5) is 30.7. The molecule has 1 atom stereocenters. The number of carbonyl (C=O) groups excluding carboxylic acids is 2. The molecule has 0 radical (unpaired) electrons. The van der Waals surface area contributed by atoms with Crippen LogP contribution in [0.1, 0.15) is 23.5 Å². The second-order valence-electron chi connectivity index (χ2n) is 6.98. The highest BCUT2D eigenvalue weighted by molar-refractivity contribution is 6.00. The Morgan fingerprint density at radius 3 is 2.57 bits per heavy atom. The smallest absolute Gasteiger partial charge is 0.312 e. The highest BCUT2D eigenvalue weighted by Gasteiger charge is 2.31. The molecule has 7 heteroatoms. The minimum atomic E-state index is -0.459. The van der Waals surface area contributed by atoms with E-state index < -0.39 is 6.03 Å². The van der Waals surface area contributed by atoms with Crippen LogP contribution in [-0.2, 0) is 4.79 Å². The van der Waals surface area contributed by atoms with E-state index >= 15 is 0 Å². The number of carbonyl (C=O) groups is 2. The fourth-order valence-corrected chi connectivity index (χ4v) is 3.47. The van der Waals surface area contributed by atoms with Gasteiger partial charge in [-0.15, -0.1) is 0 Å². The van der Waals surface area contributed by atoms with E-state index in [1.54, 1.807) is 47.5 Å². The van der Waals surface area contributed by atoms with Crippen molar-refractivity contribution < 1.29 is 9.59 Å². The summed E-state index contributed by atoms with van der Waals surface area (Å²) in [6, 6.07) is 21.5. The van der Waals surface area contributed by atoms with E-state index in [9.17, 15) is 9.59 Å². The third-order valence-corrected chi connectivity index (χ3v) is 4.96. The van der Waals surface area contributed by atoms with Gasteiger partial charge in [0, 0.05) is 42.5 Å². The number of urea groups is 1. The Morgan fingerprint density at radius 2 is 1.83 bits per heavy atom. The van der Waals surface area contributed by atoms with Crippen LogP contribution in [0.4, 0.5) is 22.0 Å². The maximum Gasteiger partial charge on any atom is 0.324 e. The Morgan fingerprint density at radius 1 is 1.07 bits per heavy atom. The van der Waals surface area contributed by atoms with E-state index in [1.807, 2.05) is 36.4 Å². The molecule has 2 heterocycles. The Balaban J connectivity index is 1.43. The van der Waals surface area contributed by atoms with Gasteiger partial charge in [0.15, 0.2) is 0 Å². The third-order valence-electron chi connectivity index (χ3n) is 4.96. The van der Waals surface area contributed by atoms with Gasteiger partial charge in [0.2, 0.25) is 5.91 Å². The van der Waals surface area contributed by atoms with Crippen LogP contribution in [0.5, 0.6) is 0 Å². The first-order chi connectivity index (χ1) is 14.6. The highest BCUT2D eigenvalue weighted by atomic mass is 16.2. The topological polar surface area (TPSA) is 98.1 Å². The standard InChI is InChI=1S/C23H19N5O2/c24-14-16-6-8-19(9-7-16)26-23(30)27-21-13-20(10-11-25-21)28-15-18(12-22(28)29)17-4-2-1-3-5-17/h1-11,13,18H,12,15H2,(H2,25,26,27,30)/t18-/m1/s1. The minimum Gasteiger partial charge on any atom is -0.312 e. The van der Waals surface area contributed by atoms with Gasteiger partial charge in [-0.2, -0.15) is 5.26 Å². The molecule has 1 aliphatic heterocycles. The van der Waals surface area contributed by atoms with Crippen LogP contribution in [0.3, 0.4) is 0 Å². The average Bonchev–Trinajstić information content (AvgIpc) is 3.17. The van der Waals surface area contributed by atoms with Crippen LogP contribution in [0.25, 0.3) is 0 Å². The molecule has 0 unspecified atom stereocenters. The number of hydrogen-bond acceptors (Lipinski definition) is 4. The first-order valence-corrected chi connectivity index (χ1v) is 9.52. The SMILES string of the molecule is N#Cc1ccc(NC(=O)Nc2cc(N3C[C@H](c4ccccc4)CC3=O)ccn2)cc1. The van der Waals surface area contributed by atoms with E-state index in [-0.39, 0.29) is 11.8 Å². The maximum atomic E-state index is 12.6. The molecule has 148 valence electrons. The molecule has 1 aromatic heterocycles. The van der Waals surface area contributed by atoms with Gasteiger partial charge in [-0.1, -0.05) is 30.3 Å². The maximum absolute atomic E-state index is 12.6. The number of nitrogens with one attached hydrogen (secondary N) is 2. The molecule has 4 rings (SSSR count). The highest BCUT2D eigenvalue weighted by Crippen LogP contribution is 2.32. The predicted molar refractivity (Wildman–Crippen MR) is 114 cm³/mol. The lowest BCUT2D eigenvalue weighted by molar-refractivity contribution is -0.117. The molecule has 0 saturated carbocycles. The molecule has 0 bridgehead atoms. The van der Waals surface area contributed by atoms with Crippen molar-refractivity contribution >= 4 is 29.1 Å². The van der Waals surface area contributed by atoms with Gasteiger partial charge in [-0.3, -0.25) is 10.1 Å². The molecular weight excluding hydrogens is 378 g/mol. The zero-order chi connectivity index (χ0) is 20.9. The van der Waals surface area contributed by atoms with Gasteiger partial charge in [0.25, 0.3) is 0 Å². The van der Waals surface area contributed by atoms with Crippen LogP contribution < -0.4 is 15.5 Å². The number of rotatable bonds is 4. The molecular formula is C23H19N5O2. The summed E-state index contributed by atoms with van der Waals surface area (Å²) >= 11 is 0. The third kappa shape index (κ3) is 4.28. The number of nitriles is 1. The summed E-state index contributed by atoms with van der Waals surface area (Å²) in [5, 5.41) is 14.2. The normalized spacial score (nSPS) is 15.5. The Hall–Kier alpha value is -4.18.